The van der Waals surface area contributed by atoms with Crippen LogP contribution >= 0.6 is 0 Å². The van der Waals surface area contributed by atoms with E-state index in [2.05, 4.69) is 30.5 Å². The zero-order valence-electron chi connectivity index (χ0n) is 10.3. The van der Waals surface area contributed by atoms with Crippen molar-refractivity contribution in [1.82, 2.24) is 5.32 Å². The van der Waals surface area contributed by atoms with Crippen LogP contribution in [0.2, 0.25) is 0 Å². The third-order valence-electron chi connectivity index (χ3n) is 3.90. The number of hydrogen-bond acceptors (Lipinski definition) is 2. The van der Waals surface area contributed by atoms with E-state index in [-0.39, 0.29) is 11.3 Å². The fourth-order valence-corrected chi connectivity index (χ4v) is 2.39. The lowest BCUT2D eigenvalue weighted by atomic mass is 10.1. The maximum Gasteiger partial charge on any atom is 0.251 e. The largest absolute Gasteiger partial charge is 0.384 e. The molecule has 1 fully saturated rings. The first-order chi connectivity index (χ1) is 8.06. The fourth-order valence-electron chi connectivity index (χ4n) is 2.39. The predicted octanol–water partition coefficient (Wildman–Crippen LogP) is 2.18. The van der Waals surface area contributed by atoms with Crippen molar-refractivity contribution < 1.29 is 4.79 Å². The van der Waals surface area contributed by atoms with E-state index >= 15 is 0 Å². The minimum Gasteiger partial charge on any atom is -0.384 e. The minimum atomic E-state index is 0.0528. The molecule has 1 atom stereocenters. The number of fused-ring (bicyclic) bond motifs is 1. The predicted molar refractivity (Wildman–Crippen MR) is 68.3 cm³/mol. The quantitative estimate of drug-likeness (QED) is 0.817. The Morgan fingerprint density at radius 3 is 2.94 bits per heavy atom. The molecule has 17 heavy (non-hydrogen) atoms. The summed E-state index contributed by atoms with van der Waals surface area (Å²) in [5, 5.41) is 6.39. The summed E-state index contributed by atoms with van der Waals surface area (Å²) in [6.45, 7) is 5.35. The number of benzene rings is 1. The molecule has 1 aromatic rings. The summed E-state index contributed by atoms with van der Waals surface area (Å²) in [6.07, 6.45) is 2.15. The van der Waals surface area contributed by atoms with Gasteiger partial charge in [0, 0.05) is 23.8 Å². The second-order valence-electron chi connectivity index (χ2n) is 5.77. The van der Waals surface area contributed by atoms with Crippen molar-refractivity contribution >= 4 is 11.6 Å². The second kappa shape index (κ2) is 3.49. The molecule has 3 nitrogen and oxygen atoms in total. The highest BCUT2D eigenvalue weighted by Gasteiger charge is 2.46. The van der Waals surface area contributed by atoms with E-state index in [9.17, 15) is 4.79 Å². The van der Waals surface area contributed by atoms with Gasteiger partial charge in [-0.05, 0) is 36.0 Å². The number of rotatable bonds is 2. The van der Waals surface area contributed by atoms with Crippen molar-refractivity contribution in [2.75, 3.05) is 11.9 Å². The van der Waals surface area contributed by atoms with Crippen molar-refractivity contribution in [2.45, 2.75) is 32.7 Å². The van der Waals surface area contributed by atoms with Gasteiger partial charge < -0.3 is 10.6 Å². The van der Waals surface area contributed by atoms with E-state index in [1.807, 2.05) is 12.1 Å². The lowest BCUT2D eigenvalue weighted by Gasteiger charge is -2.08. The molecule has 2 aliphatic rings. The third kappa shape index (κ3) is 1.90. The van der Waals surface area contributed by atoms with Crippen LogP contribution < -0.4 is 10.6 Å². The Labute approximate surface area is 102 Å². The van der Waals surface area contributed by atoms with Gasteiger partial charge >= 0.3 is 0 Å². The molecule has 1 heterocycles. The lowest BCUT2D eigenvalue weighted by Crippen LogP contribution is -2.28. The molecule has 0 saturated heterocycles. The Balaban J connectivity index is 1.74. The van der Waals surface area contributed by atoms with Gasteiger partial charge in [-0.3, -0.25) is 4.79 Å². The van der Waals surface area contributed by atoms with Crippen LogP contribution in [-0.4, -0.2) is 18.5 Å². The average Bonchev–Trinajstić information content (AvgIpc) is 2.74. The molecule has 1 amide bonds. The van der Waals surface area contributed by atoms with Crippen LogP contribution in [0.3, 0.4) is 0 Å². The summed E-state index contributed by atoms with van der Waals surface area (Å²) >= 11 is 0. The van der Waals surface area contributed by atoms with Gasteiger partial charge in [0.2, 0.25) is 0 Å². The molecular weight excluding hydrogens is 212 g/mol. The maximum absolute atomic E-state index is 12.0. The van der Waals surface area contributed by atoms with Crippen LogP contribution in [0.15, 0.2) is 18.2 Å². The summed E-state index contributed by atoms with van der Waals surface area (Å²) in [6, 6.07) is 6.29. The Hall–Kier alpha value is -1.51. The van der Waals surface area contributed by atoms with Crippen molar-refractivity contribution in [3.8, 4) is 0 Å². The van der Waals surface area contributed by atoms with E-state index in [0.29, 0.717) is 6.04 Å². The van der Waals surface area contributed by atoms with E-state index in [4.69, 9.17) is 0 Å². The summed E-state index contributed by atoms with van der Waals surface area (Å²) in [5.41, 5.74) is 3.48. The van der Waals surface area contributed by atoms with Crippen molar-refractivity contribution in [3.05, 3.63) is 29.3 Å². The Kier molecular flexibility index (Phi) is 2.18. The molecule has 0 spiro atoms. The van der Waals surface area contributed by atoms with E-state index < -0.39 is 0 Å². The third-order valence-corrected chi connectivity index (χ3v) is 3.90. The topological polar surface area (TPSA) is 41.1 Å². The Morgan fingerprint density at radius 2 is 2.24 bits per heavy atom. The molecule has 3 rings (SSSR count). The monoisotopic (exact) mass is 230 g/mol. The normalized spacial score (nSPS) is 23.8. The molecule has 1 aliphatic heterocycles. The SMILES string of the molecule is CC1(C)CC1NC(=O)c1ccc2c(c1)NCC2. The number of amides is 1. The standard InChI is InChI=1S/C14H18N2O/c1-14(2)8-12(14)16-13(17)10-4-3-9-5-6-15-11(9)7-10/h3-4,7,12,15H,5-6,8H2,1-2H3,(H,16,17). The summed E-state index contributed by atoms with van der Waals surface area (Å²) in [5.74, 6) is 0.0528. The van der Waals surface area contributed by atoms with E-state index in [0.717, 1.165) is 30.6 Å². The number of nitrogens with one attached hydrogen (secondary N) is 2. The van der Waals surface area contributed by atoms with E-state index in [1.54, 1.807) is 0 Å². The molecule has 1 unspecified atom stereocenters. The minimum absolute atomic E-state index is 0.0528. The molecule has 0 aromatic heterocycles. The van der Waals surface area contributed by atoms with Gasteiger partial charge in [0.05, 0.1) is 0 Å². The Morgan fingerprint density at radius 1 is 1.47 bits per heavy atom. The van der Waals surface area contributed by atoms with Crippen molar-refractivity contribution in [3.63, 3.8) is 0 Å². The molecule has 1 aromatic carbocycles. The molecule has 1 aliphatic carbocycles. The summed E-state index contributed by atoms with van der Waals surface area (Å²) < 4.78 is 0. The highest BCUT2D eigenvalue weighted by atomic mass is 16.1. The lowest BCUT2D eigenvalue weighted by molar-refractivity contribution is 0.0946. The molecule has 90 valence electrons. The first-order valence-electron chi connectivity index (χ1n) is 6.24. The molecular formula is C14H18N2O. The first kappa shape index (κ1) is 10.6. The Bertz CT molecular complexity index is 479. The highest BCUT2D eigenvalue weighted by Crippen LogP contribution is 2.44. The van der Waals surface area contributed by atoms with Crippen LogP contribution in [0.4, 0.5) is 5.69 Å². The van der Waals surface area contributed by atoms with Crippen LogP contribution in [0, 0.1) is 5.41 Å². The van der Waals surface area contributed by atoms with Gasteiger partial charge in [-0.1, -0.05) is 19.9 Å². The summed E-state index contributed by atoms with van der Waals surface area (Å²) in [4.78, 5) is 12.0. The second-order valence-corrected chi connectivity index (χ2v) is 5.77. The van der Waals surface area contributed by atoms with Gasteiger partial charge in [-0.2, -0.15) is 0 Å². The number of carbonyl (C=O) groups excluding carboxylic acids is 1. The van der Waals surface area contributed by atoms with Gasteiger partial charge in [-0.25, -0.2) is 0 Å². The zero-order chi connectivity index (χ0) is 12.0. The zero-order valence-corrected chi connectivity index (χ0v) is 10.3. The van der Waals surface area contributed by atoms with Crippen molar-refractivity contribution in [2.24, 2.45) is 5.41 Å². The maximum atomic E-state index is 12.0. The first-order valence-corrected chi connectivity index (χ1v) is 6.24. The number of anilines is 1. The van der Waals surface area contributed by atoms with Crippen LogP contribution in [0.1, 0.15) is 36.2 Å². The number of hydrogen-bond donors (Lipinski definition) is 2. The van der Waals surface area contributed by atoms with Crippen molar-refractivity contribution in [1.29, 1.82) is 0 Å². The van der Waals surface area contributed by atoms with Crippen LogP contribution in [-0.2, 0) is 6.42 Å². The van der Waals surface area contributed by atoms with Gasteiger partial charge in [-0.15, -0.1) is 0 Å². The molecule has 0 bridgehead atoms. The molecule has 3 heteroatoms. The smallest absolute Gasteiger partial charge is 0.251 e. The molecule has 1 saturated carbocycles. The van der Waals surface area contributed by atoms with Crippen LogP contribution in [0.25, 0.3) is 0 Å². The fraction of sp³-hybridized carbons (Fsp3) is 0.500. The van der Waals surface area contributed by atoms with E-state index in [1.165, 1.54) is 5.56 Å². The molecule has 2 N–H and O–H groups in total. The summed E-state index contributed by atoms with van der Waals surface area (Å²) in [7, 11) is 0. The van der Waals surface area contributed by atoms with Gasteiger partial charge in [0.25, 0.3) is 5.91 Å². The van der Waals surface area contributed by atoms with Gasteiger partial charge in [0.15, 0.2) is 0 Å². The van der Waals surface area contributed by atoms with Crippen LogP contribution in [0.5, 0.6) is 0 Å². The average molecular weight is 230 g/mol. The number of carbonyl (C=O) groups is 1. The van der Waals surface area contributed by atoms with Gasteiger partial charge in [0.1, 0.15) is 0 Å². The molecule has 0 radical (unpaired) electrons. The highest BCUT2D eigenvalue weighted by molar-refractivity contribution is 5.96.